The van der Waals surface area contributed by atoms with Gasteiger partial charge in [-0.25, -0.2) is 4.98 Å². The van der Waals surface area contributed by atoms with Gasteiger partial charge in [-0.1, -0.05) is 6.42 Å². The van der Waals surface area contributed by atoms with Crippen molar-refractivity contribution in [2.45, 2.75) is 57.5 Å². The molecular formula is C13H21N3. The van der Waals surface area contributed by atoms with E-state index >= 15 is 0 Å². The van der Waals surface area contributed by atoms with Crippen LogP contribution in [0.1, 0.15) is 62.6 Å². The van der Waals surface area contributed by atoms with Gasteiger partial charge in [0, 0.05) is 18.7 Å². The quantitative estimate of drug-likeness (QED) is 0.787. The average molecular weight is 219 g/mol. The van der Waals surface area contributed by atoms with Crippen LogP contribution in [0.25, 0.3) is 0 Å². The van der Waals surface area contributed by atoms with Crippen LogP contribution in [-0.4, -0.2) is 16.1 Å². The number of piperidine rings is 1. The van der Waals surface area contributed by atoms with Gasteiger partial charge in [-0.3, -0.25) is 0 Å². The SMILES string of the molecule is C[C@@H]1CCCc2nc([C@H]3CCCCN3)cn21. The molecule has 0 aromatic carbocycles. The number of nitrogens with zero attached hydrogens (tertiary/aromatic N) is 2. The Morgan fingerprint density at radius 1 is 1.31 bits per heavy atom. The monoisotopic (exact) mass is 219 g/mol. The van der Waals surface area contributed by atoms with Crippen LogP contribution in [0.3, 0.4) is 0 Å². The Morgan fingerprint density at radius 3 is 3.00 bits per heavy atom. The minimum atomic E-state index is 0.513. The summed E-state index contributed by atoms with van der Waals surface area (Å²) in [5.41, 5.74) is 1.28. The number of hydrogen-bond acceptors (Lipinski definition) is 2. The van der Waals surface area contributed by atoms with E-state index in [4.69, 9.17) is 4.98 Å². The molecule has 88 valence electrons. The van der Waals surface area contributed by atoms with Gasteiger partial charge in [-0.2, -0.15) is 0 Å². The molecule has 2 atom stereocenters. The van der Waals surface area contributed by atoms with Crippen LogP contribution < -0.4 is 5.32 Å². The predicted molar refractivity (Wildman–Crippen MR) is 64.5 cm³/mol. The van der Waals surface area contributed by atoms with Gasteiger partial charge in [0.2, 0.25) is 0 Å². The molecule has 0 saturated carbocycles. The van der Waals surface area contributed by atoms with Crippen molar-refractivity contribution in [2.75, 3.05) is 6.54 Å². The van der Waals surface area contributed by atoms with E-state index < -0.39 is 0 Å². The van der Waals surface area contributed by atoms with E-state index in [1.54, 1.807) is 0 Å². The molecule has 3 rings (SSSR count). The summed E-state index contributed by atoms with van der Waals surface area (Å²) in [4.78, 5) is 4.83. The Labute approximate surface area is 97.3 Å². The third-order valence-corrected chi connectivity index (χ3v) is 3.99. The Morgan fingerprint density at radius 2 is 2.25 bits per heavy atom. The first-order valence-corrected chi connectivity index (χ1v) is 6.65. The molecule has 0 aliphatic carbocycles. The zero-order chi connectivity index (χ0) is 11.0. The number of hydrogen-bond donors (Lipinski definition) is 1. The maximum absolute atomic E-state index is 4.83. The lowest BCUT2D eigenvalue weighted by Gasteiger charge is -2.21. The summed E-state index contributed by atoms with van der Waals surface area (Å²) in [6.07, 6.45) is 9.98. The summed E-state index contributed by atoms with van der Waals surface area (Å²) in [6, 6.07) is 1.16. The van der Waals surface area contributed by atoms with E-state index in [0.717, 1.165) is 13.0 Å². The largest absolute Gasteiger partial charge is 0.332 e. The Kier molecular flexibility index (Phi) is 2.72. The van der Waals surface area contributed by atoms with Gasteiger partial charge in [0.25, 0.3) is 0 Å². The smallest absolute Gasteiger partial charge is 0.109 e. The van der Waals surface area contributed by atoms with Crippen molar-refractivity contribution < 1.29 is 0 Å². The topological polar surface area (TPSA) is 29.9 Å². The van der Waals surface area contributed by atoms with E-state index in [-0.39, 0.29) is 0 Å². The normalized spacial score (nSPS) is 30.1. The highest BCUT2D eigenvalue weighted by atomic mass is 15.1. The van der Waals surface area contributed by atoms with E-state index in [1.807, 2.05) is 0 Å². The maximum atomic E-state index is 4.83. The van der Waals surface area contributed by atoms with Crippen LogP contribution in [0.2, 0.25) is 0 Å². The van der Waals surface area contributed by atoms with Crippen molar-refractivity contribution in [2.24, 2.45) is 0 Å². The molecule has 1 fully saturated rings. The standard InChI is InChI=1S/C13H21N3/c1-10-5-4-7-13-15-12(9-16(10)13)11-6-2-3-8-14-11/h9-11,14H,2-8H2,1H3/t10-,11-/m1/s1. The van der Waals surface area contributed by atoms with Gasteiger partial charge in [-0.05, 0) is 39.2 Å². The first-order valence-electron chi connectivity index (χ1n) is 6.65. The van der Waals surface area contributed by atoms with Crippen LogP contribution in [0, 0.1) is 0 Å². The summed E-state index contributed by atoms with van der Waals surface area (Å²) in [5, 5.41) is 3.58. The number of nitrogens with one attached hydrogen (secondary N) is 1. The molecule has 3 heterocycles. The van der Waals surface area contributed by atoms with Crippen LogP contribution in [-0.2, 0) is 6.42 Å². The zero-order valence-corrected chi connectivity index (χ0v) is 10.1. The highest BCUT2D eigenvalue weighted by molar-refractivity contribution is 5.12. The predicted octanol–water partition coefficient (Wildman–Crippen LogP) is 2.60. The van der Waals surface area contributed by atoms with Crippen LogP contribution in [0.5, 0.6) is 0 Å². The van der Waals surface area contributed by atoms with Crippen LogP contribution >= 0.6 is 0 Å². The zero-order valence-electron chi connectivity index (χ0n) is 10.1. The van der Waals surface area contributed by atoms with Crippen molar-refractivity contribution in [1.82, 2.24) is 14.9 Å². The van der Waals surface area contributed by atoms with E-state index in [9.17, 15) is 0 Å². The van der Waals surface area contributed by atoms with E-state index in [2.05, 4.69) is 23.0 Å². The second-order valence-corrected chi connectivity index (χ2v) is 5.23. The Bertz CT molecular complexity index is 363. The number of aryl methyl sites for hydroxylation is 1. The van der Waals surface area contributed by atoms with Gasteiger partial charge in [0.1, 0.15) is 5.82 Å². The fourth-order valence-corrected chi connectivity index (χ4v) is 2.99. The van der Waals surface area contributed by atoms with Crippen molar-refractivity contribution in [3.63, 3.8) is 0 Å². The summed E-state index contributed by atoms with van der Waals surface area (Å²) >= 11 is 0. The number of rotatable bonds is 1. The molecule has 3 heteroatoms. The van der Waals surface area contributed by atoms with Gasteiger partial charge in [0.15, 0.2) is 0 Å². The van der Waals surface area contributed by atoms with Gasteiger partial charge in [0.05, 0.1) is 11.7 Å². The van der Waals surface area contributed by atoms with Crippen LogP contribution in [0.15, 0.2) is 6.20 Å². The third-order valence-electron chi connectivity index (χ3n) is 3.99. The minimum Gasteiger partial charge on any atom is -0.332 e. The molecule has 0 amide bonds. The number of fused-ring (bicyclic) bond motifs is 1. The number of aromatic nitrogens is 2. The molecular weight excluding hydrogens is 198 g/mol. The molecule has 2 aliphatic rings. The minimum absolute atomic E-state index is 0.513. The van der Waals surface area contributed by atoms with Crippen molar-refractivity contribution >= 4 is 0 Å². The highest BCUT2D eigenvalue weighted by Gasteiger charge is 2.22. The molecule has 0 spiro atoms. The average Bonchev–Trinajstić information content (AvgIpc) is 2.76. The molecule has 0 bridgehead atoms. The highest BCUT2D eigenvalue weighted by Crippen LogP contribution is 2.28. The molecule has 1 saturated heterocycles. The lowest BCUT2D eigenvalue weighted by Crippen LogP contribution is -2.27. The second-order valence-electron chi connectivity index (χ2n) is 5.23. The fraction of sp³-hybridized carbons (Fsp3) is 0.769. The molecule has 0 unspecified atom stereocenters. The second kappa shape index (κ2) is 4.21. The molecule has 1 N–H and O–H groups in total. The van der Waals surface area contributed by atoms with E-state index in [1.165, 1.54) is 43.6 Å². The fourth-order valence-electron chi connectivity index (χ4n) is 2.99. The molecule has 1 aromatic heterocycles. The molecule has 0 radical (unpaired) electrons. The summed E-state index contributed by atoms with van der Waals surface area (Å²) in [6.45, 7) is 3.46. The summed E-state index contributed by atoms with van der Waals surface area (Å²) in [7, 11) is 0. The summed E-state index contributed by atoms with van der Waals surface area (Å²) in [5.74, 6) is 1.31. The van der Waals surface area contributed by atoms with E-state index in [0.29, 0.717) is 12.1 Å². The maximum Gasteiger partial charge on any atom is 0.109 e. The Hall–Kier alpha value is -0.830. The third kappa shape index (κ3) is 1.77. The van der Waals surface area contributed by atoms with Crippen molar-refractivity contribution in [1.29, 1.82) is 0 Å². The molecule has 1 aromatic rings. The Balaban J connectivity index is 1.85. The van der Waals surface area contributed by atoms with Crippen molar-refractivity contribution in [3.8, 4) is 0 Å². The number of imidazole rings is 1. The van der Waals surface area contributed by atoms with Gasteiger partial charge in [-0.15, -0.1) is 0 Å². The van der Waals surface area contributed by atoms with Gasteiger partial charge >= 0.3 is 0 Å². The van der Waals surface area contributed by atoms with Gasteiger partial charge < -0.3 is 9.88 Å². The first-order chi connectivity index (χ1) is 7.84. The first kappa shape index (κ1) is 10.3. The van der Waals surface area contributed by atoms with Crippen LogP contribution in [0.4, 0.5) is 0 Å². The molecule has 3 nitrogen and oxygen atoms in total. The molecule has 16 heavy (non-hydrogen) atoms. The summed E-state index contributed by atoms with van der Waals surface area (Å²) < 4.78 is 2.40. The lowest BCUT2D eigenvalue weighted by atomic mass is 10.0. The molecule has 2 aliphatic heterocycles. The van der Waals surface area contributed by atoms with Crippen molar-refractivity contribution in [3.05, 3.63) is 17.7 Å². The lowest BCUT2D eigenvalue weighted by molar-refractivity contribution is 0.405.